The second kappa shape index (κ2) is 4.63. The Labute approximate surface area is 107 Å². The van der Waals surface area contributed by atoms with E-state index in [1.165, 1.54) is 25.7 Å². The van der Waals surface area contributed by atoms with Crippen molar-refractivity contribution in [3.8, 4) is 0 Å². The minimum atomic E-state index is -0.245. The molecule has 3 heteroatoms. The number of fused-ring (bicyclic) bond motifs is 2. The van der Waals surface area contributed by atoms with Crippen LogP contribution in [0.5, 0.6) is 0 Å². The summed E-state index contributed by atoms with van der Waals surface area (Å²) in [5.74, 6) is 2.04. The summed E-state index contributed by atoms with van der Waals surface area (Å²) in [5.41, 5.74) is 6.81. The van der Waals surface area contributed by atoms with Crippen LogP contribution in [0.2, 0.25) is 0 Å². The van der Waals surface area contributed by atoms with Crippen LogP contribution in [0.1, 0.15) is 36.0 Å². The van der Waals surface area contributed by atoms with Crippen LogP contribution in [0.3, 0.4) is 0 Å². The minimum Gasteiger partial charge on any atom is -0.462 e. The Balaban J connectivity index is 1.56. The molecule has 0 radical (unpaired) electrons. The van der Waals surface area contributed by atoms with E-state index in [1.807, 2.05) is 0 Å². The van der Waals surface area contributed by atoms with E-state index in [0.29, 0.717) is 23.8 Å². The van der Waals surface area contributed by atoms with Gasteiger partial charge in [0.2, 0.25) is 0 Å². The first-order valence-corrected chi connectivity index (χ1v) is 6.75. The molecule has 0 aliphatic heterocycles. The fraction of sp³-hybridized carbons (Fsp3) is 0.533. The molecule has 2 fully saturated rings. The number of hydrogen-bond acceptors (Lipinski definition) is 3. The lowest BCUT2D eigenvalue weighted by molar-refractivity contribution is 0.0394. The third-order valence-electron chi connectivity index (χ3n) is 4.44. The second-order valence-electron chi connectivity index (χ2n) is 5.66. The number of carbonyl (C=O) groups excluding carboxylic acids is 1. The van der Waals surface area contributed by atoms with Gasteiger partial charge in [0.15, 0.2) is 0 Å². The van der Waals surface area contributed by atoms with Gasteiger partial charge in [-0.05, 0) is 55.2 Å². The molecule has 1 aromatic rings. The smallest absolute Gasteiger partial charge is 0.338 e. The monoisotopic (exact) mass is 245 g/mol. The normalized spacial score (nSPS) is 29.4. The molecule has 3 atom stereocenters. The summed E-state index contributed by atoms with van der Waals surface area (Å²) < 4.78 is 5.43. The molecular weight excluding hydrogens is 226 g/mol. The molecule has 0 saturated heterocycles. The predicted octanol–water partition coefficient (Wildman–Crippen LogP) is 2.86. The van der Waals surface area contributed by atoms with E-state index < -0.39 is 0 Å². The maximum atomic E-state index is 11.9. The van der Waals surface area contributed by atoms with Crippen molar-refractivity contribution in [2.24, 2.45) is 17.8 Å². The zero-order valence-corrected chi connectivity index (χ0v) is 10.5. The molecule has 2 saturated carbocycles. The summed E-state index contributed by atoms with van der Waals surface area (Å²) in [6.07, 6.45) is 5.30. The Hall–Kier alpha value is -1.51. The van der Waals surface area contributed by atoms with Gasteiger partial charge in [0.1, 0.15) is 0 Å². The number of esters is 1. The molecule has 3 unspecified atom stereocenters. The first-order valence-electron chi connectivity index (χ1n) is 6.75. The lowest BCUT2D eigenvalue weighted by atomic mass is 9.89. The molecule has 2 N–H and O–H groups in total. The predicted molar refractivity (Wildman–Crippen MR) is 70.1 cm³/mol. The summed E-state index contributed by atoms with van der Waals surface area (Å²) in [6.45, 7) is 0.578. The SMILES string of the molecule is Nc1cccc(C(=O)OCC2CC3CCC2C3)c1. The average molecular weight is 245 g/mol. The Bertz CT molecular complexity index is 458. The number of carbonyl (C=O) groups is 1. The quantitative estimate of drug-likeness (QED) is 0.658. The van der Waals surface area contributed by atoms with E-state index in [0.717, 1.165) is 11.8 Å². The molecule has 0 spiro atoms. The van der Waals surface area contributed by atoms with Crippen LogP contribution in [0.15, 0.2) is 24.3 Å². The molecule has 2 aliphatic rings. The fourth-order valence-electron chi connectivity index (χ4n) is 3.51. The molecular formula is C15H19NO2. The molecule has 18 heavy (non-hydrogen) atoms. The molecule has 2 bridgehead atoms. The van der Waals surface area contributed by atoms with Crippen molar-refractivity contribution in [2.45, 2.75) is 25.7 Å². The number of ether oxygens (including phenoxy) is 1. The molecule has 96 valence electrons. The lowest BCUT2D eigenvalue weighted by Gasteiger charge is -2.21. The summed E-state index contributed by atoms with van der Waals surface area (Å²) in [7, 11) is 0. The van der Waals surface area contributed by atoms with Crippen LogP contribution < -0.4 is 5.73 Å². The summed E-state index contributed by atoms with van der Waals surface area (Å²) in [6, 6.07) is 6.97. The van der Waals surface area contributed by atoms with Crippen LogP contribution in [-0.4, -0.2) is 12.6 Å². The van der Waals surface area contributed by atoms with Gasteiger partial charge in [0.05, 0.1) is 12.2 Å². The van der Waals surface area contributed by atoms with Gasteiger partial charge in [-0.25, -0.2) is 4.79 Å². The van der Waals surface area contributed by atoms with Gasteiger partial charge in [-0.1, -0.05) is 12.5 Å². The van der Waals surface area contributed by atoms with Gasteiger partial charge < -0.3 is 10.5 Å². The van der Waals surface area contributed by atoms with Crippen LogP contribution in [0.4, 0.5) is 5.69 Å². The minimum absolute atomic E-state index is 0.245. The third kappa shape index (κ3) is 2.22. The molecule has 0 aromatic heterocycles. The second-order valence-corrected chi connectivity index (χ2v) is 5.66. The summed E-state index contributed by atoms with van der Waals surface area (Å²) in [4.78, 5) is 11.9. The van der Waals surface area contributed by atoms with Crippen molar-refractivity contribution in [3.63, 3.8) is 0 Å². The van der Waals surface area contributed by atoms with E-state index in [-0.39, 0.29) is 5.97 Å². The highest BCUT2D eigenvalue weighted by molar-refractivity contribution is 5.90. The Morgan fingerprint density at radius 2 is 2.22 bits per heavy atom. The number of nitrogens with two attached hydrogens (primary N) is 1. The van der Waals surface area contributed by atoms with E-state index in [1.54, 1.807) is 24.3 Å². The highest BCUT2D eigenvalue weighted by atomic mass is 16.5. The van der Waals surface area contributed by atoms with Crippen molar-refractivity contribution in [2.75, 3.05) is 12.3 Å². The molecule has 0 heterocycles. The lowest BCUT2D eigenvalue weighted by Crippen LogP contribution is -2.19. The molecule has 0 amide bonds. The summed E-state index contributed by atoms with van der Waals surface area (Å²) >= 11 is 0. The van der Waals surface area contributed by atoms with E-state index in [9.17, 15) is 4.79 Å². The van der Waals surface area contributed by atoms with Gasteiger partial charge in [-0.3, -0.25) is 0 Å². The fourth-order valence-corrected chi connectivity index (χ4v) is 3.51. The van der Waals surface area contributed by atoms with Crippen LogP contribution in [0, 0.1) is 17.8 Å². The topological polar surface area (TPSA) is 52.3 Å². The average Bonchev–Trinajstić information content (AvgIpc) is 2.98. The van der Waals surface area contributed by atoms with Gasteiger partial charge in [0.25, 0.3) is 0 Å². The number of nitrogen functional groups attached to an aromatic ring is 1. The summed E-state index contributed by atoms with van der Waals surface area (Å²) in [5, 5.41) is 0. The number of benzene rings is 1. The number of rotatable bonds is 3. The zero-order chi connectivity index (χ0) is 12.5. The Kier molecular flexibility index (Phi) is 2.98. The molecule has 3 rings (SSSR count). The largest absolute Gasteiger partial charge is 0.462 e. The van der Waals surface area contributed by atoms with Gasteiger partial charge in [0, 0.05) is 5.69 Å². The standard InChI is InChI=1S/C15H19NO2/c16-14-3-1-2-12(8-14)15(17)18-9-13-7-10-4-5-11(13)6-10/h1-3,8,10-11,13H,4-7,9,16H2. The van der Waals surface area contributed by atoms with E-state index in [4.69, 9.17) is 10.5 Å². The zero-order valence-electron chi connectivity index (χ0n) is 10.5. The van der Waals surface area contributed by atoms with Gasteiger partial charge in [-0.2, -0.15) is 0 Å². The highest BCUT2D eigenvalue weighted by Gasteiger charge is 2.39. The maximum absolute atomic E-state index is 11.9. The Morgan fingerprint density at radius 3 is 2.89 bits per heavy atom. The van der Waals surface area contributed by atoms with Crippen molar-refractivity contribution >= 4 is 11.7 Å². The van der Waals surface area contributed by atoms with Crippen molar-refractivity contribution in [1.29, 1.82) is 0 Å². The van der Waals surface area contributed by atoms with Crippen LogP contribution in [0.25, 0.3) is 0 Å². The van der Waals surface area contributed by atoms with Gasteiger partial charge in [-0.15, -0.1) is 0 Å². The number of anilines is 1. The first-order chi connectivity index (χ1) is 8.72. The van der Waals surface area contributed by atoms with Crippen LogP contribution >= 0.6 is 0 Å². The highest BCUT2D eigenvalue weighted by Crippen LogP contribution is 2.48. The molecule has 1 aromatic carbocycles. The van der Waals surface area contributed by atoms with Crippen molar-refractivity contribution < 1.29 is 9.53 Å². The first kappa shape index (κ1) is 11.6. The van der Waals surface area contributed by atoms with Crippen LogP contribution in [-0.2, 0) is 4.74 Å². The third-order valence-corrected chi connectivity index (χ3v) is 4.44. The molecule has 2 aliphatic carbocycles. The van der Waals surface area contributed by atoms with Crippen molar-refractivity contribution in [3.05, 3.63) is 29.8 Å². The van der Waals surface area contributed by atoms with E-state index in [2.05, 4.69) is 0 Å². The van der Waals surface area contributed by atoms with Gasteiger partial charge >= 0.3 is 5.97 Å². The Morgan fingerprint density at radius 1 is 1.33 bits per heavy atom. The van der Waals surface area contributed by atoms with Crippen molar-refractivity contribution in [1.82, 2.24) is 0 Å². The van der Waals surface area contributed by atoms with E-state index >= 15 is 0 Å². The molecule has 3 nitrogen and oxygen atoms in total. The maximum Gasteiger partial charge on any atom is 0.338 e. The number of hydrogen-bond donors (Lipinski definition) is 1.